The predicted molar refractivity (Wildman–Crippen MR) is 64.8 cm³/mol. The lowest BCUT2D eigenvalue weighted by Gasteiger charge is -2.17. The van der Waals surface area contributed by atoms with Crippen LogP contribution in [-0.2, 0) is 14.4 Å². The highest BCUT2D eigenvalue weighted by molar-refractivity contribution is 5.90. The maximum atomic E-state index is 11.7. The lowest BCUT2D eigenvalue weighted by Crippen LogP contribution is -2.44. The Bertz CT molecular complexity index is 341. The Morgan fingerprint density at radius 3 is 2.61 bits per heavy atom. The van der Waals surface area contributed by atoms with Gasteiger partial charge in [-0.3, -0.25) is 14.4 Å². The molecule has 6 heteroatoms. The molecule has 1 fully saturated rings. The molecule has 0 aromatic carbocycles. The number of aliphatic carboxylic acids is 1. The second-order valence-corrected chi connectivity index (χ2v) is 5.07. The van der Waals surface area contributed by atoms with Gasteiger partial charge in [0.1, 0.15) is 6.04 Å². The molecule has 0 spiro atoms. The molecule has 2 unspecified atom stereocenters. The molecule has 1 aliphatic rings. The first kappa shape index (κ1) is 14.5. The smallest absolute Gasteiger partial charge is 0.308 e. The van der Waals surface area contributed by atoms with Gasteiger partial charge < -0.3 is 15.7 Å². The molecule has 0 saturated carbocycles. The van der Waals surface area contributed by atoms with Gasteiger partial charge in [-0.1, -0.05) is 13.8 Å². The Balaban J connectivity index is 2.39. The van der Waals surface area contributed by atoms with Crippen molar-refractivity contribution >= 4 is 17.8 Å². The van der Waals surface area contributed by atoms with Crippen molar-refractivity contribution in [2.45, 2.75) is 39.2 Å². The second kappa shape index (κ2) is 6.37. The van der Waals surface area contributed by atoms with Crippen LogP contribution >= 0.6 is 0 Å². The second-order valence-electron chi connectivity index (χ2n) is 5.07. The van der Waals surface area contributed by atoms with Crippen LogP contribution in [-0.4, -0.2) is 35.5 Å². The molecule has 6 nitrogen and oxygen atoms in total. The third-order valence-electron chi connectivity index (χ3n) is 2.94. The van der Waals surface area contributed by atoms with E-state index in [1.54, 1.807) is 0 Å². The van der Waals surface area contributed by atoms with E-state index in [1.807, 2.05) is 13.8 Å². The van der Waals surface area contributed by atoms with Crippen molar-refractivity contribution in [1.82, 2.24) is 10.6 Å². The zero-order valence-electron chi connectivity index (χ0n) is 10.7. The van der Waals surface area contributed by atoms with Gasteiger partial charge in [-0.15, -0.1) is 0 Å². The van der Waals surface area contributed by atoms with E-state index in [2.05, 4.69) is 10.6 Å². The summed E-state index contributed by atoms with van der Waals surface area (Å²) in [5.74, 6) is -1.65. The Morgan fingerprint density at radius 2 is 2.17 bits per heavy atom. The monoisotopic (exact) mass is 256 g/mol. The number of carbonyl (C=O) groups excluding carboxylic acids is 2. The fourth-order valence-electron chi connectivity index (χ4n) is 2.00. The number of amides is 2. The van der Waals surface area contributed by atoms with E-state index in [1.165, 1.54) is 0 Å². The Kier molecular flexibility index (Phi) is 5.12. The molecule has 1 aliphatic heterocycles. The zero-order valence-corrected chi connectivity index (χ0v) is 10.7. The number of rotatable bonds is 6. The minimum absolute atomic E-state index is 0.110. The van der Waals surface area contributed by atoms with Gasteiger partial charge in [0.15, 0.2) is 0 Å². The SMILES string of the molecule is CC(C)CC(CNC(=O)C1CCC(=O)N1)C(=O)O. The van der Waals surface area contributed by atoms with Crippen molar-refractivity contribution in [1.29, 1.82) is 0 Å². The van der Waals surface area contributed by atoms with Gasteiger partial charge in [0.2, 0.25) is 11.8 Å². The van der Waals surface area contributed by atoms with Crippen LogP contribution in [0.25, 0.3) is 0 Å². The normalized spacial score (nSPS) is 20.6. The number of hydrogen-bond acceptors (Lipinski definition) is 3. The van der Waals surface area contributed by atoms with E-state index in [0.717, 1.165) is 0 Å². The molecule has 1 saturated heterocycles. The molecular formula is C12H20N2O4. The van der Waals surface area contributed by atoms with Gasteiger partial charge in [-0.05, 0) is 18.8 Å². The first-order valence-electron chi connectivity index (χ1n) is 6.20. The lowest BCUT2D eigenvalue weighted by atomic mass is 9.97. The highest BCUT2D eigenvalue weighted by Crippen LogP contribution is 2.12. The highest BCUT2D eigenvalue weighted by atomic mass is 16.4. The van der Waals surface area contributed by atoms with Crippen LogP contribution in [0.3, 0.4) is 0 Å². The van der Waals surface area contributed by atoms with E-state index in [-0.39, 0.29) is 24.3 Å². The van der Waals surface area contributed by atoms with E-state index < -0.39 is 17.9 Å². The molecule has 0 radical (unpaired) electrons. The third kappa shape index (κ3) is 4.35. The summed E-state index contributed by atoms with van der Waals surface area (Å²) >= 11 is 0. The molecule has 102 valence electrons. The third-order valence-corrected chi connectivity index (χ3v) is 2.94. The summed E-state index contributed by atoms with van der Waals surface area (Å²) in [6.45, 7) is 3.99. The van der Waals surface area contributed by atoms with E-state index in [4.69, 9.17) is 5.11 Å². The molecule has 3 N–H and O–H groups in total. The molecule has 0 bridgehead atoms. The summed E-state index contributed by atoms with van der Waals surface area (Å²) in [6.07, 6.45) is 1.35. The summed E-state index contributed by atoms with van der Waals surface area (Å²) in [5.41, 5.74) is 0. The average molecular weight is 256 g/mol. The lowest BCUT2D eigenvalue weighted by molar-refractivity contribution is -0.142. The Hall–Kier alpha value is -1.59. The molecule has 2 atom stereocenters. The highest BCUT2D eigenvalue weighted by Gasteiger charge is 2.28. The van der Waals surface area contributed by atoms with E-state index in [9.17, 15) is 14.4 Å². The zero-order chi connectivity index (χ0) is 13.7. The molecule has 1 heterocycles. The van der Waals surface area contributed by atoms with Gasteiger partial charge in [-0.2, -0.15) is 0 Å². The fraction of sp³-hybridized carbons (Fsp3) is 0.750. The van der Waals surface area contributed by atoms with Crippen LogP contribution in [0.15, 0.2) is 0 Å². The van der Waals surface area contributed by atoms with Crippen molar-refractivity contribution in [3.63, 3.8) is 0 Å². The molecular weight excluding hydrogens is 236 g/mol. The topological polar surface area (TPSA) is 95.5 Å². The number of carboxylic acid groups (broad SMARTS) is 1. The average Bonchev–Trinajstić information content (AvgIpc) is 2.69. The van der Waals surface area contributed by atoms with Gasteiger partial charge >= 0.3 is 5.97 Å². The van der Waals surface area contributed by atoms with Gasteiger partial charge in [0.25, 0.3) is 0 Å². The first-order valence-corrected chi connectivity index (χ1v) is 6.20. The molecule has 18 heavy (non-hydrogen) atoms. The first-order chi connectivity index (χ1) is 8.40. The largest absolute Gasteiger partial charge is 0.481 e. The number of carboxylic acids is 1. The van der Waals surface area contributed by atoms with Crippen LogP contribution in [0.2, 0.25) is 0 Å². The number of hydrogen-bond donors (Lipinski definition) is 3. The Morgan fingerprint density at radius 1 is 1.50 bits per heavy atom. The Labute approximate surface area is 106 Å². The summed E-state index contributed by atoms with van der Waals surface area (Å²) < 4.78 is 0. The van der Waals surface area contributed by atoms with Crippen LogP contribution in [0.4, 0.5) is 0 Å². The maximum absolute atomic E-state index is 11.7. The van der Waals surface area contributed by atoms with Crippen molar-refractivity contribution in [3.8, 4) is 0 Å². The summed E-state index contributed by atoms with van der Waals surface area (Å²) in [6, 6.07) is -0.508. The maximum Gasteiger partial charge on any atom is 0.308 e. The van der Waals surface area contributed by atoms with Gasteiger partial charge in [0, 0.05) is 13.0 Å². The minimum atomic E-state index is -0.903. The van der Waals surface area contributed by atoms with E-state index in [0.29, 0.717) is 19.3 Å². The molecule has 1 rings (SSSR count). The summed E-state index contributed by atoms with van der Waals surface area (Å²) in [7, 11) is 0. The predicted octanol–water partition coefficient (Wildman–Crippen LogP) is 0.128. The van der Waals surface area contributed by atoms with Crippen LogP contribution < -0.4 is 10.6 Å². The summed E-state index contributed by atoms with van der Waals surface area (Å²) in [4.78, 5) is 33.6. The van der Waals surface area contributed by atoms with Crippen molar-refractivity contribution < 1.29 is 19.5 Å². The fourth-order valence-corrected chi connectivity index (χ4v) is 2.00. The van der Waals surface area contributed by atoms with Crippen LogP contribution in [0, 0.1) is 11.8 Å². The van der Waals surface area contributed by atoms with Crippen molar-refractivity contribution in [2.75, 3.05) is 6.54 Å². The number of nitrogens with one attached hydrogen (secondary N) is 2. The molecule has 0 aromatic heterocycles. The minimum Gasteiger partial charge on any atom is -0.481 e. The molecule has 2 amide bonds. The molecule has 0 aromatic rings. The quantitative estimate of drug-likeness (QED) is 0.629. The molecule has 0 aliphatic carbocycles. The van der Waals surface area contributed by atoms with Crippen LogP contribution in [0.1, 0.15) is 33.1 Å². The number of carbonyl (C=O) groups is 3. The standard InChI is InChI=1S/C12H20N2O4/c1-7(2)5-8(12(17)18)6-13-11(16)9-3-4-10(15)14-9/h7-9H,3-6H2,1-2H3,(H,13,16)(H,14,15)(H,17,18). The van der Waals surface area contributed by atoms with Gasteiger partial charge in [0.05, 0.1) is 5.92 Å². The van der Waals surface area contributed by atoms with Crippen molar-refractivity contribution in [3.05, 3.63) is 0 Å². The van der Waals surface area contributed by atoms with E-state index >= 15 is 0 Å². The summed E-state index contributed by atoms with van der Waals surface area (Å²) in [5, 5.41) is 14.2. The van der Waals surface area contributed by atoms with Crippen LogP contribution in [0.5, 0.6) is 0 Å². The van der Waals surface area contributed by atoms with Crippen molar-refractivity contribution in [2.24, 2.45) is 11.8 Å². The van der Waals surface area contributed by atoms with Gasteiger partial charge in [-0.25, -0.2) is 0 Å².